The standard InChI is InChI=1S/C12H11N3O4S/c13-5-7-3-4-20-11(7)15-10(17)6-19-12(18)8-1-2-9(16)14-8/h3-4,8H,1-2,6H2,(H,14,16)(H,15,17)/t8-/m1/s1. The Morgan fingerprint density at radius 3 is 3.05 bits per heavy atom. The van der Waals surface area contributed by atoms with Gasteiger partial charge in [0.2, 0.25) is 5.91 Å². The summed E-state index contributed by atoms with van der Waals surface area (Å²) in [6.45, 7) is -0.450. The zero-order valence-electron chi connectivity index (χ0n) is 10.3. The maximum Gasteiger partial charge on any atom is 0.329 e. The van der Waals surface area contributed by atoms with Gasteiger partial charge >= 0.3 is 5.97 Å². The number of hydrogen-bond donors (Lipinski definition) is 2. The number of hydrogen-bond acceptors (Lipinski definition) is 6. The average molecular weight is 293 g/mol. The van der Waals surface area contributed by atoms with E-state index in [1.165, 1.54) is 11.3 Å². The van der Waals surface area contributed by atoms with Crippen molar-refractivity contribution in [2.45, 2.75) is 18.9 Å². The van der Waals surface area contributed by atoms with E-state index in [0.29, 0.717) is 17.0 Å². The first-order chi connectivity index (χ1) is 9.60. The van der Waals surface area contributed by atoms with Crippen molar-refractivity contribution < 1.29 is 19.1 Å². The first kappa shape index (κ1) is 14.0. The van der Waals surface area contributed by atoms with Crippen molar-refractivity contribution in [3.63, 3.8) is 0 Å². The van der Waals surface area contributed by atoms with Crippen LogP contribution in [0.25, 0.3) is 0 Å². The highest BCUT2D eigenvalue weighted by Crippen LogP contribution is 2.21. The van der Waals surface area contributed by atoms with Gasteiger partial charge in [-0.25, -0.2) is 4.79 Å². The second-order valence-corrected chi connectivity index (χ2v) is 5.01. The molecule has 104 valence electrons. The number of thiophene rings is 1. The lowest BCUT2D eigenvalue weighted by Crippen LogP contribution is -2.36. The third-order valence-electron chi connectivity index (χ3n) is 2.66. The van der Waals surface area contributed by atoms with E-state index in [1.807, 2.05) is 6.07 Å². The van der Waals surface area contributed by atoms with Crippen LogP contribution in [0, 0.1) is 11.3 Å². The van der Waals surface area contributed by atoms with Gasteiger partial charge in [0.1, 0.15) is 17.1 Å². The molecule has 2 rings (SSSR count). The molecule has 2 amide bonds. The lowest BCUT2D eigenvalue weighted by atomic mass is 10.2. The molecule has 1 aliphatic rings. The maximum atomic E-state index is 11.6. The van der Waals surface area contributed by atoms with Crippen LogP contribution in [0.15, 0.2) is 11.4 Å². The molecule has 0 aromatic carbocycles. The molecule has 1 aromatic rings. The number of nitrogens with one attached hydrogen (secondary N) is 2. The molecular weight excluding hydrogens is 282 g/mol. The summed E-state index contributed by atoms with van der Waals surface area (Å²) in [6, 6.07) is 2.85. The smallest absolute Gasteiger partial charge is 0.329 e. The number of amides is 2. The fourth-order valence-corrected chi connectivity index (χ4v) is 2.44. The predicted molar refractivity (Wildman–Crippen MR) is 69.8 cm³/mol. The number of carbonyl (C=O) groups is 3. The molecule has 2 heterocycles. The van der Waals surface area contributed by atoms with Crippen LogP contribution in [0.2, 0.25) is 0 Å². The monoisotopic (exact) mass is 293 g/mol. The number of ether oxygens (including phenoxy) is 1. The van der Waals surface area contributed by atoms with Gasteiger partial charge in [-0.2, -0.15) is 5.26 Å². The Morgan fingerprint density at radius 1 is 1.60 bits per heavy atom. The van der Waals surface area contributed by atoms with E-state index in [4.69, 9.17) is 10.00 Å². The third-order valence-corrected chi connectivity index (χ3v) is 3.49. The molecule has 0 radical (unpaired) electrons. The molecule has 0 spiro atoms. The molecule has 2 N–H and O–H groups in total. The number of nitriles is 1. The summed E-state index contributed by atoms with van der Waals surface area (Å²) in [6.07, 6.45) is 0.662. The SMILES string of the molecule is N#Cc1ccsc1NC(=O)COC(=O)[C@H]1CCC(=O)N1. The predicted octanol–water partition coefficient (Wildman–Crippen LogP) is 0.380. The lowest BCUT2D eigenvalue weighted by Gasteiger charge is -2.09. The normalized spacial score (nSPS) is 17.1. The fraction of sp³-hybridized carbons (Fsp3) is 0.333. The summed E-state index contributed by atoms with van der Waals surface area (Å²) in [5.41, 5.74) is 0.359. The van der Waals surface area contributed by atoms with Gasteiger partial charge in [-0.05, 0) is 17.9 Å². The van der Waals surface area contributed by atoms with Gasteiger partial charge in [-0.3, -0.25) is 9.59 Å². The average Bonchev–Trinajstić information content (AvgIpc) is 3.04. The van der Waals surface area contributed by atoms with Crippen molar-refractivity contribution in [3.8, 4) is 6.07 Å². The molecule has 1 saturated heterocycles. The Bertz CT molecular complexity index is 590. The first-order valence-corrected chi connectivity index (χ1v) is 6.71. The van der Waals surface area contributed by atoms with Gasteiger partial charge in [0.05, 0.1) is 5.56 Å². The minimum Gasteiger partial charge on any atom is -0.454 e. The van der Waals surface area contributed by atoms with E-state index >= 15 is 0 Å². The van der Waals surface area contributed by atoms with Gasteiger partial charge in [0, 0.05) is 6.42 Å². The Morgan fingerprint density at radius 2 is 2.40 bits per heavy atom. The highest BCUT2D eigenvalue weighted by Gasteiger charge is 2.28. The van der Waals surface area contributed by atoms with Gasteiger partial charge in [-0.1, -0.05) is 0 Å². The third kappa shape index (κ3) is 3.33. The Labute approximate surface area is 118 Å². The number of nitrogens with zero attached hydrogens (tertiary/aromatic N) is 1. The molecular formula is C12H11N3O4S. The second kappa shape index (κ2) is 6.16. The van der Waals surface area contributed by atoms with Crippen LogP contribution in [-0.2, 0) is 19.1 Å². The van der Waals surface area contributed by atoms with Crippen molar-refractivity contribution in [2.75, 3.05) is 11.9 Å². The molecule has 1 aromatic heterocycles. The zero-order valence-corrected chi connectivity index (χ0v) is 11.2. The molecule has 1 aliphatic heterocycles. The molecule has 1 atom stereocenters. The Hall–Kier alpha value is -2.40. The van der Waals surface area contributed by atoms with Crippen LogP contribution in [0.5, 0.6) is 0 Å². The summed E-state index contributed by atoms with van der Waals surface area (Å²) in [5.74, 6) is -1.35. The highest BCUT2D eigenvalue weighted by atomic mass is 32.1. The Balaban J connectivity index is 1.79. The molecule has 0 aliphatic carbocycles. The zero-order chi connectivity index (χ0) is 14.5. The summed E-state index contributed by atoms with van der Waals surface area (Å²) in [4.78, 5) is 34.1. The Kier molecular flexibility index (Phi) is 4.32. The van der Waals surface area contributed by atoms with E-state index in [0.717, 1.165) is 0 Å². The van der Waals surface area contributed by atoms with Gasteiger partial charge in [-0.15, -0.1) is 11.3 Å². The minimum atomic E-state index is -0.674. The summed E-state index contributed by atoms with van der Waals surface area (Å²) < 4.78 is 4.81. The number of anilines is 1. The van der Waals surface area contributed by atoms with Crippen molar-refractivity contribution in [1.29, 1.82) is 5.26 Å². The molecule has 0 unspecified atom stereocenters. The quantitative estimate of drug-likeness (QED) is 0.780. The maximum absolute atomic E-state index is 11.6. The van der Waals surface area contributed by atoms with E-state index in [9.17, 15) is 14.4 Å². The molecule has 20 heavy (non-hydrogen) atoms. The van der Waals surface area contributed by atoms with Crippen LogP contribution in [-0.4, -0.2) is 30.4 Å². The topological polar surface area (TPSA) is 108 Å². The summed E-state index contributed by atoms with van der Waals surface area (Å²) in [7, 11) is 0. The summed E-state index contributed by atoms with van der Waals surface area (Å²) in [5, 5.41) is 15.8. The number of esters is 1. The van der Waals surface area contributed by atoms with Crippen molar-refractivity contribution in [2.24, 2.45) is 0 Å². The van der Waals surface area contributed by atoms with Crippen molar-refractivity contribution in [3.05, 3.63) is 17.0 Å². The lowest BCUT2D eigenvalue weighted by molar-refractivity contribution is -0.149. The van der Waals surface area contributed by atoms with E-state index in [-0.39, 0.29) is 12.3 Å². The molecule has 8 heteroatoms. The van der Waals surface area contributed by atoms with E-state index in [1.54, 1.807) is 11.4 Å². The molecule has 0 saturated carbocycles. The van der Waals surface area contributed by atoms with Crippen molar-refractivity contribution >= 4 is 34.1 Å². The van der Waals surface area contributed by atoms with Crippen LogP contribution < -0.4 is 10.6 Å². The molecule has 1 fully saturated rings. The highest BCUT2D eigenvalue weighted by molar-refractivity contribution is 7.14. The van der Waals surface area contributed by atoms with Gasteiger partial charge < -0.3 is 15.4 Å². The second-order valence-electron chi connectivity index (χ2n) is 4.09. The number of carbonyl (C=O) groups excluding carboxylic acids is 3. The molecule has 0 bridgehead atoms. The summed E-state index contributed by atoms with van der Waals surface area (Å²) >= 11 is 1.21. The van der Waals surface area contributed by atoms with Crippen LogP contribution in [0.3, 0.4) is 0 Å². The largest absolute Gasteiger partial charge is 0.454 e. The fourth-order valence-electron chi connectivity index (χ4n) is 1.68. The van der Waals surface area contributed by atoms with Gasteiger partial charge in [0.15, 0.2) is 6.61 Å². The number of rotatable bonds is 4. The van der Waals surface area contributed by atoms with E-state index in [2.05, 4.69) is 10.6 Å². The van der Waals surface area contributed by atoms with Crippen molar-refractivity contribution in [1.82, 2.24) is 5.32 Å². The van der Waals surface area contributed by atoms with Crippen LogP contribution in [0.4, 0.5) is 5.00 Å². The van der Waals surface area contributed by atoms with Crippen LogP contribution >= 0.6 is 11.3 Å². The van der Waals surface area contributed by atoms with Crippen LogP contribution in [0.1, 0.15) is 18.4 Å². The minimum absolute atomic E-state index is 0.200. The van der Waals surface area contributed by atoms with E-state index < -0.39 is 24.5 Å². The molecule has 7 nitrogen and oxygen atoms in total. The van der Waals surface area contributed by atoms with Gasteiger partial charge in [0.25, 0.3) is 5.91 Å². The first-order valence-electron chi connectivity index (χ1n) is 5.83.